The third-order valence-corrected chi connectivity index (χ3v) is 8.78. The first kappa shape index (κ1) is 37.6. The van der Waals surface area contributed by atoms with Crippen LogP contribution < -0.4 is 19.8 Å². The maximum absolute atomic E-state index is 12.6. The van der Waals surface area contributed by atoms with Crippen molar-refractivity contribution < 1.29 is 57.9 Å². The second-order valence-electron chi connectivity index (χ2n) is 12.8. The Bertz CT molecular complexity index is 2320. The highest BCUT2D eigenvalue weighted by molar-refractivity contribution is 6.01. The molecule has 3 N–H and O–H groups in total. The van der Waals surface area contributed by atoms with Crippen molar-refractivity contribution in [1.82, 2.24) is 0 Å². The number of benzene rings is 4. The molecular formula is C40H36O13. The molecule has 0 saturated heterocycles. The Kier molecular flexibility index (Phi) is 10.6. The zero-order valence-electron chi connectivity index (χ0n) is 29.6. The number of carbonyl (C=O) groups excluding carboxylic acids is 3. The standard InChI is InChI=1S/C21H18O5.C19H18O8/c1-21(2,26-20(23)13-6-4-3-5-7-13)18-11-15-10-14-8-9-19(22)25-16(14)12-17(15)24-18;1-8-5-13(26-4)11(7-20)17(22)14(8)19(25)27-12-6-9(2)16(21)15(10(12)3)18(23)24/h3-10,12,18H,11H2,1-2H3;5-7,21-22H,1-4H3,(H,23,24). The van der Waals surface area contributed by atoms with Crippen molar-refractivity contribution in [3.63, 3.8) is 0 Å². The van der Waals surface area contributed by atoms with Crippen LogP contribution in [0.3, 0.4) is 0 Å². The number of hydrogen-bond acceptors (Lipinski definition) is 12. The van der Waals surface area contributed by atoms with Gasteiger partial charge in [0.05, 0.1) is 18.2 Å². The Morgan fingerprint density at radius 1 is 0.868 bits per heavy atom. The predicted octanol–water partition coefficient (Wildman–Crippen LogP) is 6.49. The van der Waals surface area contributed by atoms with Crippen LogP contribution in [0, 0.1) is 20.8 Å². The van der Waals surface area contributed by atoms with Gasteiger partial charge in [0.15, 0.2) is 6.29 Å². The molecule has 4 aromatic carbocycles. The maximum atomic E-state index is 12.6. The number of phenols is 2. The second-order valence-corrected chi connectivity index (χ2v) is 12.8. The molecule has 0 saturated carbocycles. The van der Waals surface area contributed by atoms with E-state index in [1.54, 1.807) is 36.4 Å². The molecule has 1 atom stereocenters. The molecule has 0 spiro atoms. The summed E-state index contributed by atoms with van der Waals surface area (Å²) in [5.74, 6) is -3.11. The van der Waals surface area contributed by atoms with Crippen LogP contribution in [-0.2, 0) is 11.2 Å². The number of phenolic OH excluding ortho intramolecular Hbond substituents is 1. The average Bonchev–Trinajstić information content (AvgIpc) is 3.54. The maximum Gasteiger partial charge on any atom is 0.347 e. The van der Waals surface area contributed by atoms with Gasteiger partial charge in [-0.25, -0.2) is 19.2 Å². The monoisotopic (exact) mass is 724 g/mol. The molecule has 1 unspecified atom stereocenters. The van der Waals surface area contributed by atoms with Gasteiger partial charge in [-0.15, -0.1) is 0 Å². The smallest absolute Gasteiger partial charge is 0.347 e. The molecule has 274 valence electrons. The normalized spacial score (nSPS) is 13.2. The predicted molar refractivity (Wildman–Crippen MR) is 191 cm³/mol. The minimum absolute atomic E-state index is 0.0419. The van der Waals surface area contributed by atoms with E-state index in [-0.39, 0.29) is 51.4 Å². The first-order valence-corrected chi connectivity index (χ1v) is 16.2. The van der Waals surface area contributed by atoms with Crippen molar-refractivity contribution in [1.29, 1.82) is 0 Å². The number of carboxylic acids is 1. The summed E-state index contributed by atoms with van der Waals surface area (Å²) >= 11 is 0. The molecule has 0 radical (unpaired) electrons. The Morgan fingerprint density at radius 3 is 2.19 bits per heavy atom. The number of aromatic carboxylic acids is 1. The largest absolute Gasteiger partial charge is 0.507 e. The van der Waals surface area contributed by atoms with E-state index < -0.39 is 34.7 Å². The van der Waals surface area contributed by atoms with Crippen molar-refractivity contribution in [2.75, 3.05) is 7.11 Å². The van der Waals surface area contributed by atoms with Gasteiger partial charge >= 0.3 is 23.5 Å². The van der Waals surface area contributed by atoms with Gasteiger partial charge in [0, 0.05) is 29.5 Å². The van der Waals surface area contributed by atoms with Crippen molar-refractivity contribution in [3.05, 3.63) is 122 Å². The van der Waals surface area contributed by atoms with Gasteiger partial charge < -0.3 is 38.7 Å². The zero-order chi connectivity index (χ0) is 38.8. The lowest BCUT2D eigenvalue weighted by atomic mass is 9.96. The number of aryl methyl sites for hydroxylation is 2. The summed E-state index contributed by atoms with van der Waals surface area (Å²) in [6.07, 6.45) is 0.635. The third kappa shape index (κ3) is 7.69. The second kappa shape index (κ2) is 14.9. The van der Waals surface area contributed by atoms with E-state index in [9.17, 15) is 39.3 Å². The van der Waals surface area contributed by atoms with Crippen molar-refractivity contribution in [3.8, 4) is 28.7 Å². The third-order valence-electron chi connectivity index (χ3n) is 8.78. The first-order chi connectivity index (χ1) is 25.1. The highest BCUT2D eigenvalue weighted by Crippen LogP contribution is 2.38. The average molecular weight is 725 g/mol. The van der Waals surface area contributed by atoms with Crippen LogP contribution in [0.2, 0.25) is 0 Å². The summed E-state index contributed by atoms with van der Waals surface area (Å²) < 4.78 is 27.2. The van der Waals surface area contributed by atoms with Gasteiger partial charge in [0.1, 0.15) is 57.2 Å². The molecule has 0 bridgehead atoms. The number of carbonyl (C=O) groups is 4. The molecule has 6 rings (SSSR count). The number of ether oxygens (including phenoxy) is 4. The van der Waals surface area contributed by atoms with E-state index >= 15 is 0 Å². The topological polar surface area (TPSA) is 196 Å². The van der Waals surface area contributed by atoms with Crippen molar-refractivity contribution in [2.24, 2.45) is 0 Å². The fourth-order valence-electron chi connectivity index (χ4n) is 5.85. The summed E-state index contributed by atoms with van der Waals surface area (Å²) in [5.41, 5.74) is 0.460. The van der Waals surface area contributed by atoms with Crippen LogP contribution >= 0.6 is 0 Å². The van der Waals surface area contributed by atoms with Gasteiger partial charge in [0.2, 0.25) is 0 Å². The van der Waals surface area contributed by atoms with E-state index in [0.29, 0.717) is 35.2 Å². The molecular weight excluding hydrogens is 688 g/mol. The van der Waals surface area contributed by atoms with E-state index in [0.717, 1.165) is 10.9 Å². The van der Waals surface area contributed by atoms with Crippen LogP contribution in [0.25, 0.3) is 11.0 Å². The van der Waals surface area contributed by atoms with E-state index in [2.05, 4.69) is 0 Å². The van der Waals surface area contributed by atoms with Crippen LogP contribution in [-0.4, -0.2) is 58.3 Å². The number of methoxy groups -OCH3 is 1. The highest BCUT2D eigenvalue weighted by atomic mass is 16.6. The fraction of sp³-hybridized carbons (Fsp3) is 0.225. The number of fused-ring (bicyclic) bond motifs is 2. The van der Waals surface area contributed by atoms with Gasteiger partial charge in [-0.05, 0) is 87.7 Å². The molecule has 53 heavy (non-hydrogen) atoms. The molecule has 0 amide bonds. The van der Waals surface area contributed by atoms with Gasteiger partial charge in [0.25, 0.3) is 0 Å². The Morgan fingerprint density at radius 2 is 1.55 bits per heavy atom. The summed E-state index contributed by atoms with van der Waals surface area (Å²) in [4.78, 5) is 59.0. The molecule has 0 fully saturated rings. The van der Waals surface area contributed by atoms with Crippen LogP contribution in [0.15, 0.2) is 75.9 Å². The Balaban J connectivity index is 0.000000204. The fourth-order valence-corrected chi connectivity index (χ4v) is 5.85. The molecule has 1 aliphatic heterocycles. The zero-order valence-corrected chi connectivity index (χ0v) is 29.6. The molecule has 0 aliphatic carbocycles. The number of hydrogen-bond donors (Lipinski definition) is 3. The summed E-state index contributed by atoms with van der Waals surface area (Å²) in [7, 11) is 1.31. The van der Waals surface area contributed by atoms with Gasteiger partial charge in [-0.1, -0.05) is 18.2 Å². The molecule has 1 aromatic heterocycles. The lowest BCUT2D eigenvalue weighted by Crippen LogP contribution is -2.43. The summed E-state index contributed by atoms with van der Waals surface area (Å²) in [5, 5.41) is 30.3. The van der Waals surface area contributed by atoms with E-state index in [4.69, 9.17) is 23.4 Å². The summed E-state index contributed by atoms with van der Waals surface area (Å²) in [6, 6.07) is 18.4. The Labute approximate surface area is 302 Å². The lowest BCUT2D eigenvalue weighted by molar-refractivity contribution is -0.0517. The molecule has 13 heteroatoms. The van der Waals surface area contributed by atoms with E-state index in [1.807, 2.05) is 26.0 Å². The van der Waals surface area contributed by atoms with Crippen LogP contribution in [0.1, 0.15) is 77.5 Å². The minimum Gasteiger partial charge on any atom is -0.507 e. The minimum atomic E-state index is -1.38. The highest BCUT2D eigenvalue weighted by Gasteiger charge is 2.40. The number of esters is 2. The van der Waals surface area contributed by atoms with Gasteiger partial charge in [-0.2, -0.15) is 0 Å². The molecule has 2 heterocycles. The Hall–Kier alpha value is -6.63. The van der Waals surface area contributed by atoms with Gasteiger partial charge in [-0.3, -0.25) is 4.79 Å². The van der Waals surface area contributed by atoms with Crippen LogP contribution in [0.5, 0.6) is 28.7 Å². The molecule has 1 aliphatic rings. The van der Waals surface area contributed by atoms with Crippen LogP contribution in [0.4, 0.5) is 0 Å². The van der Waals surface area contributed by atoms with Crippen molar-refractivity contribution in [2.45, 2.75) is 52.7 Å². The number of carboxylic acid groups (broad SMARTS) is 1. The van der Waals surface area contributed by atoms with Crippen molar-refractivity contribution >= 4 is 35.2 Å². The SMILES string of the molecule is CC(C)(OC(=O)c1ccccc1)C1Cc2cc3ccc(=O)oc3cc2O1.COc1cc(C)c(C(=O)Oc2cc(C)c(O)c(C(=O)O)c2C)c(O)c1C=O. The summed E-state index contributed by atoms with van der Waals surface area (Å²) in [6.45, 7) is 8.03. The molecule has 13 nitrogen and oxygen atoms in total. The lowest BCUT2D eigenvalue weighted by Gasteiger charge is -2.30. The number of aromatic hydroxyl groups is 2. The quantitative estimate of drug-likeness (QED) is 0.0680. The van der Waals surface area contributed by atoms with E-state index in [1.165, 1.54) is 46.1 Å². The first-order valence-electron chi connectivity index (χ1n) is 16.2. The number of rotatable bonds is 8. The molecule has 5 aromatic rings. The number of aldehydes is 1.